The van der Waals surface area contributed by atoms with Gasteiger partial charge in [-0.1, -0.05) is 38.0 Å². The number of carbonyl (C=O) groups is 2. The van der Waals surface area contributed by atoms with Gasteiger partial charge in [0.05, 0.1) is 5.92 Å². The molecule has 1 saturated carbocycles. The Kier molecular flexibility index (Phi) is 4.46. The molecule has 1 N–H and O–H groups in total. The van der Waals surface area contributed by atoms with Crippen LogP contribution < -0.4 is 5.32 Å². The predicted molar refractivity (Wildman–Crippen MR) is 86.5 cm³/mol. The molecule has 0 radical (unpaired) electrons. The van der Waals surface area contributed by atoms with Crippen LogP contribution in [0.15, 0.2) is 24.3 Å². The Morgan fingerprint density at radius 2 is 2.00 bits per heavy atom. The average Bonchev–Trinajstić information content (AvgIpc) is 3.16. The van der Waals surface area contributed by atoms with E-state index in [0.717, 1.165) is 30.5 Å². The number of hydrogen-bond acceptors (Lipinski definition) is 2. The first-order chi connectivity index (χ1) is 10.7. The van der Waals surface area contributed by atoms with Crippen molar-refractivity contribution < 1.29 is 9.59 Å². The molecule has 0 aromatic heterocycles. The molecule has 118 valence electrons. The van der Waals surface area contributed by atoms with Crippen LogP contribution in [0.1, 0.15) is 44.6 Å². The summed E-state index contributed by atoms with van der Waals surface area (Å²) in [5.41, 5.74) is 2.01. The predicted octanol–water partition coefficient (Wildman–Crippen LogP) is 2.98. The first-order valence-electron chi connectivity index (χ1n) is 8.37. The first kappa shape index (κ1) is 15.1. The number of rotatable bonds is 4. The van der Waals surface area contributed by atoms with Crippen LogP contribution in [-0.4, -0.2) is 29.3 Å². The lowest BCUT2D eigenvalue weighted by Gasteiger charge is -2.24. The second-order valence-electron chi connectivity index (χ2n) is 6.39. The number of aryl methyl sites for hydroxylation is 1. The fourth-order valence-electron chi connectivity index (χ4n) is 3.66. The van der Waals surface area contributed by atoms with Gasteiger partial charge in [-0.15, -0.1) is 0 Å². The van der Waals surface area contributed by atoms with Gasteiger partial charge in [-0.2, -0.15) is 0 Å². The van der Waals surface area contributed by atoms with Crippen molar-refractivity contribution in [1.82, 2.24) is 4.90 Å². The number of benzene rings is 1. The molecule has 1 aliphatic carbocycles. The largest absolute Gasteiger partial charge is 0.339 e. The second kappa shape index (κ2) is 6.51. The van der Waals surface area contributed by atoms with Gasteiger partial charge in [0.15, 0.2) is 0 Å². The Balaban J connectivity index is 1.64. The highest BCUT2D eigenvalue weighted by Crippen LogP contribution is 2.30. The molecule has 0 spiro atoms. The number of nitrogens with one attached hydrogen (secondary N) is 1. The van der Waals surface area contributed by atoms with Crippen molar-refractivity contribution in [3.63, 3.8) is 0 Å². The summed E-state index contributed by atoms with van der Waals surface area (Å²) in [6.07, 6.45) is 5.84. The van der Waals surface area contributed by atoms with Gasteiger partial charge >= 0.3 is 0 Å². The number of amides is 2. The molecular formula is C18H24N2O2. The number of para-hydroxylation sites is 1. The highest BCUT2D eigenvalue weighted by molar-refractivity contribution is 5.97. The monoisotopic (exact) mass is 300 g/mol. The van der Waals surface area contributed by atoms with E-state index in [-0.39, 0.29) is 17.7 Å². The van der Waals surface area contributed by atoms with Crippen molar-refractivity contribution >= 4 is 17.5 Å². The summed E-state index contributed by atoms with van der Waals surface area (Å²) >= 11 is 0. The minimum Gasteiger partial charge on any atom is -0.339 e. The van der Waals surface area contributed by atoms with Crippen LogP contribution in [0.2, 0.25) is 0 Å². The molecule has 1 aliphatic heterocycles. The van der Waals surface area contributed by atoms with Crippen molar-refractivity contribution in [3.8, 4) is 0 Å². The SMILES string of the molecule is CCc1ccccc1NC(=O)C1CC(=O)N(C2CCCC2)C1. The summed E-state index contributed by atoms with van der Waals surface area (Å²) < 4.78 is 0. The molecule has 2 aliphatic rings. The van der Waals surface area contributed by atoms with Crippen molar-refractivity contribution in [2.24, 2.45) is 5.92 Å². The van der Waals surface area contributed by atoms with Gasteiger partial charge < -0.3 is 10.2 Å². The Bertz CT molecular complexity index is 564. The number of carbonyl (C=O) groups excluding carboxylic acids is 2. The fraction of sp³-hybridized carbons (Fsp3) is 0.556. The van der Waals surface area contributed by atoms with E-state index >= 15 is 0 Å². The van der Waals surface area contributed by atoms with Crippen LogP contribution in [0.3, 0.4) is 0 Å². The number of nitrogens with zero attached hydrogens (tertiary/aromatic N) is 1. The molecule has 1 unspecified atom stereocenters. The van der Waals surface area contributed by atoms with E-state index in [1.165, 1.54) is 12.8 Å². The summed E-state index contributed by atoms with van der Waals surface area (Å²) in [5.74, 6) is -0.0800. The summed E-state index contributed by atoms with van der Waals surface area (Å²) in [4.78, 5) is 26.6. The molecule has 22 heavy (non-hydrogen) atoms. The molecule has 1 atom stereocenters. The van der Waals surface area contributed by atoms with Gasteiger partial charge in [0.25, 0.3) is 0 Å². The Morgan fingerprint density at radius 3 is 2.73 bits per heavy atom. The zero-order chi connectivity index (χ0) is 15.5. The Morgan fingerprint density at radius 1 is 1.27 bits per heavy atom. The normalized spacial score (nSPS) is 22.3. The highest BCUT2D eigenvalue weighted by atomic mass is 16.2. The highest BCUT2D eigenvalue weighted by Gasteiger charge is 2.38. The number of hydrogen-bond donors (Lipinski definition) is 1. The fourth-order valence-corrected chi connectivity index (χ4v) is 3.66. The van der Waals surface area contributed by atoms with E-state index in [2.05, 4.69) is 12.2 Å². The quantitative estimate of drug-likeness (QED) is 0.929. The zero-order valence-electron chi connectivity index (χ0n) is 13.2. The van der Waals surface area contributed by atoms with Crippen molar-refractivity contribution in [2.75, 3.05) is 11.9 Å². The molecule has 1 aromatic carbocycles. The van der Waals surface area contributed by atoms with Gasteiger partial charge in [-0.05, 0) is 30.9 Å². The van der Waals surface area contributed by atoms with Crippen LogP contribution in [0.4, 0.5) is 5.69 Å². The van der Waals surface area contributed by atoms with E-state index in [1.54, 1.807) is 0 Å². The molecule has 2 amide bonds. The molecule has 4 nitrogen and oxygen atoms in total. The topological polar surface area (TPSA) is 49.4 Å². The summed E-state index contributed by atoms with van der Waals surface area (Å²) in [5, 5.41) is 3.02. The molecule has 4 heteroatoms. The van der Waals surface area contributed by atoms with Gasteiger partial charge in [0.2, 0.25) is 11.8 Å². The van der Waals surface area contributed by atoms with Crippen LogP contribution in [0, 0.1) is 5.92 Å². The third-order valence-electron chi connectivity index (χ3n) is 4.95. The lowest BCUT2D eigenvalue weighted by molar-refractivity contribution is -0.129. The van der Waals surface area contributed by atoms with Crippen LogP contribution in [-0.2, 0) is 16.0 Å². The minimum atomic E-state index is -0.210. The third kappa shape index (κ3) is 3.01. The lowest BCUT2D eigenvalue weighted by Crippen LogP contribution is -2.35. The molecule has 1 heterocycles. The van der Waals surface area contributed by atoms with Gasteiger partial charge in [-0.25, -0.2) is 0 Å². The van der Waals surface area contributed by atoms with Crippen molar-refractivity contribution in [3.05, 3.63) is 29.8 Å². The molecule has 1 saturated heterocycles. The maximum absolute atomic E-state index is 12.5. The molecule has 0 bridgehead atoms. The Hall–Kier alpha value is -1.84. The molecule has 2 fully saturated rings. The zero-order valence-corrected chi connectivity index (χ0v) is 13.2. The summed E-state index contributed by atoms with van der Waals surface area (Å²) in [6, 6.07) is 8.24. The molecule has 3 rings (SSSR count). The minimum absolute atomic E-state index is 0.0188. The van der Waals surface area contributed by atoms with Crippen molar-refractivity contribution in [1.29, 1.82) is 0 Å². The van der Waals surface area contributed by atoms with Gasteiger partial charge in [0, 0.05) is 24.7 Å². The second-order valence-corrected chi connectivity index (χ2v) is 6.39. The molecular weight excluding hydrogens is 276 g/mol. The van der Waals surface area contributed by atoms with E-state index in [4.69, 9.17) is 0 Å². The maximum Gasteiger partial charge on any atom is 0.229 e. The first-order valence-corrected chi connectivity index (χ1v) is 8.37. The van der Waals surface area contributed by atoms with E-state index in [9.17, 15) is 9.59 Å². The smallest absolute Gasteiger partial charge is 0.229 e. The van der Waals surface area contributed by atoms with Crippen LogP contribution >= 0.6 is 0 Å². The van der Waals surface area contributed by atoms with E-state index in [1.807, 2.05) is 29.2 Å². The van der Waals surface area contributed by atoms with Crippen LogP contribution in [0.5, 0.6) is 0 Å². The van der Waals surface area contributed by atoms with E-state index in [0.29, 0.717) is 19.0 Å². The molecule has 1 aromatic rings. The number of likely N-dealkylation sites (tertiary alicyclic amines) is 1. The lowest BCUT2D eigenvalue weighted by atomic mass is 10.1. The maximum atomic E-state index is 12.5. The van der Waals surface area contributed by atoms with Gasteiger partial charge in [-0.3, -0.25) is 9.59 Å². The number of anilines is 1. The standard InChI is InChI=1S/C18H24N2O2/c1-2-13-7-3-6-10-16(13)19-18(22)14-11-17(21)20(12-14)15-8-4-5-9-15/h3,6-7,10,14-15H,2,4-5,8-9,11-12H2,1H3,(H,19,22). The van der Waals surface area contributed by atoms with Crippen LogP contribution in [0.25, 0.3) is 0 Å². The summed E-state index contributed by atoms with van der Waals surface area (Å²) in [6.45, 7) is 2.66. The summed E-state index contributed by atoms with van der Waals surface area (Å²) in [7, 11) is 0. The van der Waals surface area contributed by atoms with E-state index < -0.39 is 0 Å². The average molecular weight is 300 g/mol. The van der Waals surface area contributed by atoms with Gasteiger partial charge in [0.1, 0.15) is 0 Å². The third-order valence-corrected chi connectivity index (χ3v) is 4.95. The Labute approximate surface area is 131 Å². The van der Waals surface area contributed by atoms with Crippen molar-refractivity contribution in [2.45, 2.75) is 51.5 Å².